The molecule has 1 aromatic heterocycles. The maximum absolute atomic E-state index is 12.8. The molecular weight excluding hydrogens is 266 g/mol. The molecule has 1 rings (SSSR count). The molecule has 0 saturated carbocycles. The second kappa shape index (κ2) is 6.26. The molecule has 0 aliphatic rings. The Morgan fingerprint density at radius 3 is 2.78 bits per heavy atom. The smallest absolute Gasteiger partial charge is 0.340 e. The summed E-state index contributed by atoms with van der Waals surface area (Å²) in [5.74, 6) is -1.01. The number of alkyl halides is 3. The summed E-state index contributed by atoms with van der Waals surface area (Å²) in [7, 11) is 0. The fraction of sp³-hybridized carbons (Fsp3) is 0.364. The predicted octanol–water partition coefficient (Wildman–Crippen LogP) is 2.81. The van der Waals surface area contributed by atoms with Crippen LogP contribution in [0.3, 0.4) is 0 Å². The number of carbonyl (C=O) groups is 1. The monoisotopic (exact) mass is 274 g/mol. The normalized spacial score (nSPS) is 10.2. The van der Waals surface area contributed by atoms with E-state index in [1.165, 1.54) is 0 Å². The minimum atomic E-state index is -2.97. The Bertz CT molecular complexity index is 501. The van der Waals surface area contributed by atoms with Crippen molar-refractivity contribution in [2.24, 2.45) is 0 Å². The zero-order valence-corrected chi connectivity index (χ0v) is 10.2. The average Bonchev–Trinajstić information content (AvgIpc) is 2.37. The van der Waals surface area contributed by atoms with Gasteiger partial charge in [-0.15, -0.1) is 11.6 Å². The fourth-order valence-electron chi connectivity index (χ4n) is 1.31. The molecule has 0 fully saturated rings. The van der Waals surface area contributed by atoms with Crippen LogP contribution in [0.1, 0.15) is 40.7 Å². The molecule has 0 unspecified atom stereocenters. The van der Waals surface area contributed by atoms with Gasteiger partial charge in [0.25, 0.3) is 6.43 Å². The van der Waals surface area contributed by atoms with Gasteiger partial charge in [0.2, 0.25) is 0 Å². The molecule has 7 heteroatoms. The largest absolute Gasteiger partial charge is 0.462 e. The highest BCUT2D eigenvalue weighted by Gasteiger charge is 2.23. The van der Waals surface area contributed by atoms with Gasteiger partial charge in [-0.2, -0.15) is 5.26 Å². The van der Waals surface area contributed by atoms with Gasteiger partial charge in [0, 0.05) is 5.56 Å². The Morgan fingerprint density at radius 1 is 1.67 bits per heavy atom. The number of rotatable bonds is 4. The van der Waals surface area contributed by atoms with Gasteiger partial charge in [0.05, 0.1) is 18.1 Å². The molecule has 0 atom stereocenters. The molecule has 1 aromatic rings. The topological polar surface area (TPSA) is 63.0 Å². The molecule has 0 N–H and O–H groups in total. The molecular formula is C11H9ClF2N2O2. The van der Waals surface area contributed by atoms with Crippen LogP contribution in [-0.2, 0) is 10.6 Å². The van der Waals surface area contributed by atoms with Crippen molar-refractivity contribution >= 4 is 17.6 Å². The zero-order valence-electron chi connectivity index (χ0n) is 9.41. The number of aromatic nitrogens is 1. The molecule has 1 heterocycles. The first-order valence-electron chi connectivity index (χ1n) is 5.00. The fourth-order valence-corrected chi connectivity index (χ4v) is 1.51. The van der Waals surface area contributed by atoms with Gasteiger partial charge in [-0.25, -0.2) is 18.6 Å². The van der Waals surface area contributed by atoms with Crippen molar-refractivity contribution in [3.05, 3.63) is 28.6 Å². The quantitative estimate of drug-likeness (QED) is 0.625. The van der Waals surface area contributed by atoms with E-state index in [0.717, 1.165) is 6.07 Å². The second-order valence-corrected chi connectivity index (χ2v) is 3.46. The van der Waals surface area contributed by atoms with Crippen molar-refractivity contribution in [1.29, 1.82) is 5.26 Å². The number of nitrogens with zero attached hydrogens (tertiary/aromatic N) is 2. The van der Waals surface area contributed by atoms with E-state index < -0.39 is 18.1 Å². The first kappa shape index (κ1) is 14.3. The van der Waals surface area contributed by atoms with Gasteiger partial charge in [0.15, 0.2) is 0 Å². The molecule has 4 nitrogen and oxygen atoms in total. The summed E-state index contributed by atoms with van der Waals surface area (Å²) in [5, 5.41) is 8.76. The van der Waals surface area contributed by atoms with Crippen LogP contribution in [0.25, 0.3) is 0 Å². The zero-order chi connectivity index (χ0) is 13.7. The van der Waals surface area contributed by atoms with Crippen molar-refractivity contribution in [2.45, 2.75) is 19.2 Å². The summed E-state index contributed by atoms with van der Waals surface area (Å²) in [4.78, 5) is 15.0. The van der Waals surface area contributed by atoms with Crippen LogP contribution < -0.4 is 0 Å². The molecule has 0 bridgehead atoms. The maximum Gasteiger partial charge on any atom is 0.340 e. The van der Waals surface area contributed by atoms with E-state index in [0.29, 0.717) is 0 Å². The SMILES string of the molecule is CCOC(=O)c1cc(CCl)c(C#N)nc1C(F)F. The van der Waals surface area contributed by atoms with Gasteiger partial charge >= 0.3 is 5.97 Å². The van der Waals surface area contributed by atoms with Crippen molar-refractivity contribution < 1.29 is 18.3 Å². The lowest BCUT2D eigenvalue weighted by molar-refractivity contribution is 0.0513. The van der Waals surface area contributed by atoms with E-state index in [4.69, 9.17) is 16.9 Å². The highest BCUT2D eigenvalue weighted by molar-refractivity contribution is 6.17. The lowest BCUT2D eigenvalue weighted by Gasteiger charge is -2.10. The van der Waals surface area contributed by atoms with Crippen LogP contribution >= 0.6 is 11.6 Å². The Kier molecular flexibility index (Phi) is 4.98. The van der Waals surface area contributed by atoms with Gasteiger partial charge < -0.3 is 4.74 Å². The minimum Gasteiger partial charge on any atom is -0.462 e. The van der Waals surface area contributed by atoms with Gasteiger partial charge in [-0.1, -0.05) is 0 Å². The molecule has 96 valence electrons. The van der Waals surface area contributed by atoms with Crippen LogP contribution in [0.2, 0.25) is 0 Å². The molecule has 0 radical (unpaired) electrons. The Morgan fingerprint density at radius 2 is 2.33 bits per heavy atom. The van der Waals surface area contributed by atoms with Crippen LogP contribution in [0, 0.1) is 11.3 Å². The molecule has 0 aliphatic heterocycles. The van der Waals surface area contributed by atoms with Crippen LogP contribution in [-0.4, -0.2) is 17.6 Å². The summed E-state index contributed by atoms with van der Waals surface area (Å²) in [6, 6.07) is 2.78. The van der Waals surface area contributed by atoms with Crippen LogP contribution in [0.5, 0.6) is 0 Å². The third-order valence-electron chi connectivity index (χ3n) is 2.08. The van der Waals surface area contributed by atoms with E-state index in [9.17, 15) is 13.6 Å². The van der Waals surface area contributed by atoms with Gasteiger partial charge in [-0.05, 0) is 13.0 Å². The third kappa shape index (κ3) is 2.93. The van der Waals surface area contributed by atoms with Crippen molar-refractivity contribution in [1.82, 2.24) is 4.98 Å². The second-order valence-electron chi connectivity index (χ2n) is 3.20. The molecule has 0 amide bonds. The van der Waals surface area contributed by atoms with Crippen molar-refractivity contribution in [2.75, 3.05) is 6.61 Å². The number of ether oxygens (including phenoxy) is 1. The van der Waals surface area contributed by atoms with Crippen molar-refractivity contribution in [3.8, 4) is 6.07 Å². The molecule has 18 heavy (non-hydrogen) atoms. The van der Waals surface area contributed by atoms with Gasteiger partial charge in [0.1, 0.15) is 17.5 Å². The summed E-state index contributed by atoms with van der Waals surface area (Å²) < 4.78 is 30.2. The number of hydrogen-bond acceptors (Lipinski definition) is 4. The standard InChI is InChI=1S/C11H9ClF2N2O2/c1-2-18-11(17)7-3-6(4-12)8(5-15)16-9(7)10(13)14/h3,10H,2,4H2,1H3. The lowest BCUT2D eigenvalue weighted by Crippen LogP contribution is -2.12. The molecule has 0 aliphatic carbocycles. The number of nitriles is 1. The average molecular weight is 275 g/mol. The molecule has 0 aromatic carbocycles. The molecule has 0 spiro atoms. The number of carbonyl (C=O) groups excluding carboxylic acids is 1. The van der Waals surface area contributed by atoms with E-state index in [-0.39, 0.29) is 29.3 Å². The highest BCUT2D eigenvalue weighted by Crippen LogP contribution is 2.24. The van der Waals surface area contributed by atoms with E-state index in [1.807, 2.05) is 0 Å². The number of halogens is 3. The van der Waals surface area contributed by atoms with Gasteiger partial charge in [-0.3, -0.25) is 0 Å². The van der Waals surface area contributed by atoms with Crippen molar-refractivity contribution in [3.63, 3.8) is 0 Å². The summed E-state index contributed by atoms with van der Waals surface area (Å²) in [6.07, 6.45) is -2.97. The third-order valence-corrected chi connectivity index (χ3v) is 2.37. The first-order chi connectivity index (χ1) is 8.54. The maximum atomic E-state index is 12.8. The van der Waals surface area contributed by atoms with Crippen LogP contribution in [0.15, 0.2) is 6.07 Å². The molecule has 0 saturated heterocycles. The minimum absolute atomic E-state index is 0.0533. The number of pyridine rings is 1. The highest BCUT2D eigenvalue weighted by atomic mass is 35.5. The van der Waals surface area contributed by atoms with E-state index in [2.05, 4.69) is 9.72 Å². The first-order valence-corrected chi connectivity index (χ1v) is 5.53. The Hall–Kier alpha value is -1.74. The van der Waals surface area contributed by atoms with Crippen LogP contribution in [0.4, 0.5) is 8.78 Å². The Balaban J connectivity index is 3.39. The Labute approximate surface area is 107 Å². The number of hydrogen-bond donors (Lipinski definition) is 0. The summed E-state index contributed by atoms with van der Waals surface area (Å²) in [6.45, 7) is 1.61. The van der Waals surface area contributed by atoms with E-state index in [1.54, 1.807) is 13.0 Å². The lowest BCUT2D eigenvalue weighted by atomic mass is 10.1. The summed E-state index contributed by atoms with van der Waals surface area (Å²) in [5.41, 5.74) is -1.12. The number of esters is 1. The predicted molar refractivity (Wildman–Crippen MR) is 59.4 cm³/mol. The van der Waals surface area contributed by atoms with E-state index >= 15 is 0 Å². The summed E-state index contributed by atoms with van der Waals surface area (Å²) >= 11 is 5.57.